The van der Waals surface area contributed by atoms with Gasteiger partial charge in [-0.3, -0.25) is 9.35 Å². The lowest BCUT2D eigenvalue weighted by molar-refractivity contribution is -0.217. The van der Waals surface area contributed by atoms with Crippen molar-refractivity contribution in [1.82, 2.24) is 4.31 Å². The van der Waals surface area contributed by atoms with E-state index in [0.29, 0.717) is 0 Å². The van der Waals surface area contributed by atoms with E-state index in [-0.39, 0.29) is 0 Å². The van der Waals surface area contributed by atoms with Gasteiger partial charge in [0.1, 0.15) is 12.1 Å². The van der Waals surface area contributed by atoms with E-state index in [9.17, 15) is 26.4 Å². The highest BCUT2D eigenvalue weighted by atomic mass is 32.2. The first-order valence-corrected chi connectivity index (χ1v) is 5.67. The first kappa shape index (κ1) is 16.1. The van der Waals surface area contributed by atoms with Crippen LogP contribution in [0.5, 0.6) is 0 Å². The third-order valence-electron chi connectivity index (χ3n) is 1.25. The molecule has 0 aliphatic rings. The van der Waals surface area contributed by atoms with Crippen molar-refractivity contribution >= 4 is 16.3 Å². The van der Waals surface area contributed by atoms with Gasteiger partial charge >= 0.3 is 22.6 Å². The predicted octanol–water partition coefficient (Wildman–Crippen LogP) is 0.953. The van der Waals surface area contributed by atoms with E-state index >= 15 is 0 Å². The summed E-state index contributed by atoms with van der Waals surface area (Å²) >= 11 is 0. The summed E-state index contributed by atoms with van der Waals surface area (Å²) in [7, 11) is -5.57. The second-order valence-electron chi connectivity index (χ2n) is 4.04. The second-order valence-corrected chi connectivity index (χ2v) is 5.38. The number of esters is 1. The van der Waals surface area contributed by atoms with Crippen LogP contribution in [-0.2, 0) is 19.8 Å². The number of hydrogen-bond donors (Lipinski definition) is 1. The molecule has 0 rings (SSSR count). The zero-order chi connectivity index (χ0) is 14.1. The Morgan fingerprint density at radius 3 is 1.94 bits per heavy atom. The maximum atomic E-state index is 12.2. The van der Waals surface area contributed by atoms with Crippen LogP contribution in [0.3, 0.4) is 0 Å². The quantitative estimate of drug-likeness (QED) is 0.472. The summed E-state index contributed by atoms with van der Waals surface area (Å²) in [6.45, 7) is 2.56. The molecule has 0 aromatic rings. The number of rotatable bonds is 3. The molecule has 0 aromatic carbocycles. The van der Waals surface area contributed by atoms with Crippen molar-refractivity contribution in [2.24, 2.45) is 0 Å². The molecule has 0 saturated heterocycles. The van der Waals surface area contributed by atoms with Crippen LogP contribution < -0.4 is 0 Å². The monoisotopic (exact) mass is 279 g/mol. The maximum Gasteiger partial charge on any atom is 0.475 e. The maximum absolute atomic E-state index is 12.2. The predicted molar refractivity (Wildman–Crippen MR) is 50.2 cm³/mol. The molecule has 0 saturated carbocycles. The minimum absolute atomic E-state index is 1.06. The Labute approximate surface area is 96.2 Å². The Hall–Kier alpha value is -0.870. The van der Waals surface area contributed by atoms with E-state index in [2.05, 4.69) is 4.74 Å². The summed E-state index contributed by atoms with van der Waals surface area (Å²) in [5.74, 6) is -1.42. The van der Waals surface area contributed by atoms with Crippen LogP contribution in [0.15, 0.2) is 0 Å². The first-order valence-electron chi connectivity index (χ1n) is 4.27. The number of nitrogens with zero attached hydrogens (tertiary/aromatic N) is 1. The molecule has 0 aliphatic carbocycles. The van der Waals surface area contributed by atoms with Crippen LogP contribution in [0, 0.1) is 0 Å². The van der Waals surface area contributed by atoms with Crippen LogP contribution >= 0.6 is 0 Å². The van der Waals surface area contributed by atoms with Crippen molar-refractivity contribution < 1.29 is 35.7 Å². The Kier molecular flexibility index (Phi) is 4.54. The van der Waals surface area contributed by atoms with E-state index in [0.717, 1.165) is 0 Å². The van der Waals surface area contributed by atoms with Gasteiger partial charge in [0.05, 0.1) is 0 Å². The van der Waals surface area contributed by atoms with Gasteiger partial charge in [0.25, 0.3) is 0 Å². The summed E-state index contributed by atoms with van der Waals surface area (Å²) in [6.07, 6.45) is -5.40. The third kappa shape index (κ3) is 6.44. The topological polar surface area (TPSA) is 83.9 Å². The Bertz CT molecular complexity index is 383. The smallest absolute Gasteiger partial charge is 0.459 e. The minimum atomic E-state index is -5.57. The third-order valence-corrected chi connectivity index (χ3v) is 2.15. The molecule has 0 spiro atoms. The van der Waals surface area contributed by atoms with Gasteiger partial charge in [0.15, 0.2) is 0 Å². The van der Waals surface area contributed by atoms with Gasteiger partial charge in [-0.05, 0) is 20.8 Å². The zero-order valence-corrected chi connectivity index (χ0v) is 10.1. The summed E-state index contributed by atoms with van der Waals surface area (Å²) < 4.78 is 69.0. The van der Waals surface area contributed by atoms with Gasteiger partial charge in [0, 0.05) is 0 Å². The first-order chi connectivity index (χ1) is 7.23. The van der Waals surface area contributed by atoms with Crippen molar-refractivity contribution in [2.75, 3.05) is 6.54 Å². The molecular weight excluding hydrogens is 267 g/mol. The van der Waals surface area contributed by atoms with Crippen LogP contribution in [0.2, 0.25) is 0 Å². The van der Waals surface area contributed by atoms with Crippen molar-refractivity contribution in [3.63, 3.8) is 0 Å². The highest BCUT2D eigenvalue weighted by Crippen LogP contribution is 2.24. The number of alkyl halides is 3. The van der Waals surface area contributed by atoms with Crippen molar-refractivity contribution in [3.8, 4) is 0 Å². The number of carbonyl (C=O) groups is 1. The Morgan fingerprint density at radius 2 is 1.71 bits per heavy atom. The summed E-state index contributed by atoms with van der Waals surface area (Å²) in [6, 6.07) is 0. The minimum Gasteiger partial charge on any atom is -0.459 e. The van der Waals surface area contributed by atoms with E-state index in [1.807, 2.05) is 0 Å². The van der Waals surface area contributed by atoms with Crippen molar-refractivity contribution in [3.05, 3.63) is 0 Å². The summed E-state index contributed by atoms with van der Waals surface area (Å²) in [5, 5.41) is 0. The van der Waals surface area contributed by atoms with Crippen LogP contribution in [0.4, 0.5) is 13.2 Å². The summed E-state index contributed by atoms with van der Waals surface area (Å²) in [5.41, 5.74) is -1.06. The highest BCUT2D eigenvalue weighted by Gasteiger charge is 2.47. The normalized spacial score (nSPS) is 13.9. The van der Waals surface area contributed by atoms with Gasteiger partial charge in [-0.15, -0.1) is 0 Å². The van der Waals surface area contributed by atoms with E-state index in [1.165, 1.54) is 20.8 Å². The zero-order valence-electron chi connectivity index (χ0n) is 9.28. The number of halogens is 3. The van der Waals surface area contributed by atoms with Crippen LogP contribution in [-0.4, -0.2) is 41.7 Å². The molecule has 0 unspecified atom stereocenters. The molecule has 0 amide bonds. The molecule has 0 atom stereocenters. The van der Waals surface area contributed by atoms with E-state index in [4.69, 9.17) is 4.55 Å². The largest absolute Gasteiger partial charge is 0.475 e. The molecule has 102 valence electrons. The second kappa shape index (κ2) is 4.78. The van der Waals surface area contributed by atoms with Crippen molar-refractivity contribution in [1.29, 1.82) is 0 Å². The van der Waals surface area contributed by atoms with Gasteiger partial charge in [-0.1, -0.05) is 4.31 Å². The SMILES string of the molecule is CC(C)(C)OC(=O)CN(C(F)(F)F)S(=O)(=O)O. The fourth-order valence-corrected chi connectivity index (χ4v) is 1.32. The molecule has 0 radical (unpaired) electrons. The fourth-order valence-electron chi connectivity index (χ4n) is 0.793. The van der Waals surface area contributed by atoms with Gasteiger partial charge in [0.2, 0.25) is 0 Å². The fraction of sp³-hybridized carbons (Fsp3) is 0.857. The lowest BCUT2D eigenvalue weighted by Crippen LogP contribution is -2.46. The van der Waals surface area contributed by atoms with E-state index < -0.39 is 39.0 Å². The van der Waals surface area contributed by atoms with Gasteiger partial charge < -0.3 is 4.74 Å². The molecule has 6 nitrogen and oxygen atoms in total. The molecule has 10 heteroatoms. The lowest BCUT2D eigenvalue weighted by atomic mass is 10.2. The summed E-state index contributed by atoms with van der Waals surface area (Å²) in [4.78, 5) is 11.0. The standard InChI is InChI=1S/C7H12F3NO5S/c1-6(2,3)16-5(12)4-11(7(8,9)10)17(13,14)15/h4H2,1-3H3,(H,13,14,15). The Balaban J connectivity index is 4.88. The highest BCUT2D eigenvalue weighted by molar-refractivity contribution is 7.83. The molecule has 1 N–H and O–H groups in total. The molecular formula is C7H12F3NO5S. The lowest BCUT2D eigenvalue weighted by Gasteiger charge is -2.23. The Morgan fingerprint density at radius 1 is 1.29 bits per heavy atom. The van der Waals surface area contributed by atoms with Crippen molar-refractivity contribution in [2.45, 2.75) is 32.7 Å². The van der Waals surface area contributed by atoms with Crippen LogP contribution in [0.1, 0.15) is 20.8 Å². The number of ether oxygens (including phenoxy) is 1. The average molecular weight is 279 g/mol. The van der Waals surface area contributed by atoms with Gasteiger partial charge in [-0.2, -0.15) is 21.6 Å². The molecule has 0 aromatic heterocycles. The molecule has 0 heterocycles. The van der Waals surface area contributed by atoms with E-state index in [1.54, 1.807) is 0 Å². The molecule has 0 bridgehead atoms. The average Bonchev–Trinajstić information content (AvgIpc) is 1.91. The number of hydrogen-bond acceptors (Lipinski definition) is 4. The number of carbonyl (C=O) groups excluding carboxylic acids is 1. The van der Waals surface area contributed by atoms with Gasteiger partial charge in [-0.25, -0.2) is 0 Å². The molecule has 17 heavy (non-hydrogen) atoms. The molecule has 0 fully saturated rings. The molecule has 0 aliphatic heterocycles. The van der Waals surface area contributed by atoms with Crippen LogP contribution in [0.25, 0.3) is 0 Å².